The Morgan fingerprint density at radius 2 is 1.88 bits per heavy atom. The standard InChI is InChI=1S/C15H17NO/c17-15-7-6-12-4-1-2-5-13(12)14(15)8-11-16-9-3-10-16/h1-2,4-7,17H,3,8-11H2. The number of likely N-dealkylation sites (tertiary alicyclic amines) is 1. The molecule has 1 N–H and O–H groups in total. The predicted molar refractivity (Wildman–Crippen MR) is 70.4 cm³/mol. The van der Waals surface area contributed by atoms with E-state index in [0.29, 0.717) is 5.75 Å². The van der Waals surface area contributed by atoms with Crippen molar-refractivity contribution in [2.75, 3.05) is 19.6 Å². The molecule has 3 rings (SSSR count). The molecule has 0 aromatic heterocycles. The molecule has 0 amide bonds. The fourth-order valence-electron chi connectivity index (χ4n) is 2.46. The van der Waals surface area contributed by atoms with Gasteiger partial charge in [-0.1, -0.05) is 30.3 Å². The van der Waals surface area contributed by atoms with Gasteiger partial charge < -0.3 is 10.0 Å². The van der Waals surface area contributed by atoms with E-state index < -0.39 is 0 Å². The van der Waals surface area contributed by atoms with Gasteiger partial charge in [0.05, 0.1) is 0 Å². The topological polar surface area (TPSA) is 23.5 Å². The molecule has 2 aromatic carbocycles. The molecular formula is C15H17NO. The third-order valence-electron chi connectivity index (χ3n) is 3.64. The van der Waals surface area contributed by atoms with Crippen molar-refractivity contribution in [1.29, 1.82) is 0 Å². The van der Waals surface area contributed by atoms with Gasteiger partial charge in [0.15, 0.2) is 0 Å². The minimum Gasteiger partial charge on any atom is -0.508 e. The predicted octanol–water partition coefficient (Wildman–Crippen LogP) is 2.79. The fourth-order valence-corrected chi connectivity index (χ4v) is 2.46. The second kappa shape index (κ2) is 4.38. The molecule has 1 heterocycles. The first-order valence-corrected chi connectivity index (χ1v) is 6.26. The SMILES string of the molecule is Oc1ccc2ccccc2c1CCN1CCC1. The number of hydrogen-bond donors (Lipinski definition) is 1. The van der Waals surface area contributed by atoms with Gasteiger partial charge in [-0.25, -0.2) is 0 Å². The summed E-state index contributed by atoms with van der Waals surface area (Å²) in [7, 11) is 0. The molecule has 0 saturated carbocycles. The summed E-state index contributed by atoms with van der Waals surface area (Å²) in [5, 5.41) is 12.4. The lowest BCUT2D eigenvalue weighted by Crippen LogP contribution is -2.38. The van der Waals surface area contributed by atoms with Crippen LogP contribution in [0.15, 0.2) is 36.4 Å². The second-order valence-corrected chi connectivity index (χ2v) is 4.73. The molecule has 1 saturated heterocycles. The van der Waals surface area contributed by atoms with E-state index >= 15 is 0 Å². The highest BCUT2D eigenvalue weighted by molar-refractivity contribution is 5.87. The zero-order valence-electron chi connectivity index (χ0n) is 9.89. The lowest BCUT2D eigenvalue weighted by molar-refractivity contribution is 0.184. The maximum Gasteiger partial charge on any atom is 0.119 e. The molecule has 0 radical (unpaired) electrons. The number of phenols is 1. The van der Waals surface area contributed by atoms with Crippen LogP contribution in [0.25, 0.3) is 10.8 Å². The van der Waals surface area contributed by atoms with Crippen LogP contribution < -0.4 is 0 Å². The number of aromatic hydroxyl groups is 1. The van der Waals surface area contributed by atoms with Crippen LogP contribution in [0.4, 0.5) is 0 Å². The first-order valence-electron chi connectivity index (χ1n) is 6.26. The number of nitrogens with zero attached hydrogens (tertiary/aromatic N) is 1. The molecule has 2 heteroatoms. The van der Waals surface area contributed by atoms with E-state index in [0.717, 1.165) is 18.5 Å². The smallest absolute Gasteiger partial charge is 0.119 e. The average Bonchev–Trinajstić information content (AvgIpc) is 2.30. The summed E-state index contributed by atoms with van der Waals surface area (Å²) >= 11 is 0. The quantitative estimate of drug-likeness (QED) is 0.871. The first-order chi connectivity index (χ1) is 8.34. The number of fused-ring (bicyclic) bond motifs is 1. The van der Waals surface area contributed by atoms with Gasteiger partial charge in [-0.3, -0.25) is 0 Å². The third kappa shape index (κ3) is 2.01. The molecule has 1 aliphatic rings. The van der Waals surface area contributed by atoms with Gasteiger partial charge in [0.1, 0.15) is 5.75 Å². The van der Waals surface area contributed by atoms with Crippen LogP contribution >= 0.6 is 0 Å². The van der Waals surface area contributed by atoms with E-state index in [1.807, 2.05) is 24.3 Å². The number of hydrogen-bond acceptors (Lipinski definition) is 2. The Kier molecular flexibility index (Phi) is 2.73. The molecule has 0 unspecified atom stereocenters. The zero-order chi connectivity index (χ0) is 11.7. The molecule has 2 aromatic rings. The van der Waals surface area contributed by atoms with Gasteiger partial charge in [0.25, 0.3) is 0 Å². The van der Waals surface area contributed by atoms with E-state index in [1.54, 1.807) is 0 Å². The van der Waals surface area contributed by atoms with E-state index in [-0.39, 0.29) is 0 Å². The number of rotatable bonds is 3. The van der Waals surface area contributed by atoms with Crippen LogP contribution in [0.2, 0.25) is 0 Å². The van der Waals surface area contributed by atoms with E-state index in [4.69, 9.17) is 0 Å². The van der Waals surface area contributed by atoms with Crippen molar-refractivity contribution in [2.24, 2.45) is 0 Å². The summed E-state index contributed by atoms with van der Waals surface area (Å²) < 4.78 is 0. The number of phenolic OH excluding ortho intramolecular Hbond substituents is 1. The minimum atomic E-state index is 0.434. The molecule has 0 aliphatic carbocycles. The Bertz CT molecular complexity index is 531. The van der Waals surface area contributed by atoms with Crippen molar-refractivity contribution in [1.82, 2.24) is 4.90 Å². The average molecular weight is 227 g/mol. The van der Waals surface area contributed by atoms with Crippen molar-refractivity contribution < 1.29 is 5.11 Å². The van der Waals surface area contributed by atoms with Gasteiger partial charge >= 0.3 is 0 Å². The van der Waals surface area contributed by atoms with Crippen molar-refractivity contribution in [3.05, 3.63) is 42.0 Å². The van der Waals surface area contributed by atoms with Crippen LogP contribution in [0.3, 0.4) is 0 Å². The maximum absolute atomic E-state index is 9.99. The van der Waals surface area contributed by atoms with Crippen LogP contribution in [0.1, 0.15) is 12.0 Å². The monoisotopic (exact) mass is 227 g/mol. The summed E-state index contributed by atoms with van der Waals surface area (Å²) in [6, 6.07) is 12.1. The Morgan fingerprint density at radius 3 is 2.65 bits per heavy atom. The normalized spacial score (nSPS) is 16.0. The summed E-state index contributed by atoms with van der Waals surface area (Å²) in [6.45, 7) is 3.48. The van der Waals surface area contributed by atoms with E-state index in [1.165, 1.54) is 30.3 Å². The van der Waals surface area contributed by atoms with Gasteiger partial charge in [-0.15, -0.1) is 0 Å². The molecule has 1 fully saturated rings. The zero-order valence-corrected chi connectivity index (χ0v) is 9.89. The lowest BCUT2D eigenvalue weighted by atomic mass is 10.0. The summed E-state index contributed by atoms with van der Waals surface area (Å²) in [4.78, 5) is 2.43. The van der Waals surface area contributed by atoms with Crippen LogP contribution in [0, 0.1) is 0 Å². The Morgan fingerprint density at radius 1 is 1.06 bits per heavy atom. The Hall–Kier alpha value is -1.54. The van der Waals surface area contributed by atoms with E-state index in [9.17, 15) is 5.11 Å². The molecule has 0 atom stereocenters. The molecular weight excluding hydrogens is 210 g/mol. The molecule has 0 bridgehead atoms. The van der Waals surface area contributed by atoms with Crippen LogP contribution in [0.5, 0.6) is 5.75 Å². The van der Waals surface area contributed by atoms with E-state index in [2.05, 4.69) is 17.0 Å². The Balaban J connectivity index is 1.92. The summed E-state index contributed by atoms with van der Waals surface area (Å²) in [5.74, 6) is 0.434. The lowest BCUT2D eigenvalue weighted by Gasteiger charge is -2.30. The van der Waals surface area contributed by atoms with Crippen LogP contribution in [-0.2, 0) is 6.42 Å². The van der Waals surface area contributed by atoms with Crippen molar-refractivity contribution in [2.45, 2.75) is 12.8 Å². The second-order valence-electron chi connectivity index (χ2n) is 4.73. The maximum atomic E-state index is 9.99. The highest BCUT2D eigenvalue weighted by Crippen LogP contribution is 2.27. The molecule has 2 nitrogen and oxygen atoms in total. The first kappa shape index (κ1) is 10.6. The molecule has 17 heavy (non-hydrogen) atoms. The largest absolute Gasteiger partial charge is 0.508 e. The van der Waals surface area contributed by atoms with Gasteiger partial charge in [-0.2, -0.15) is 0 Å². The Labute approximate surface area is 101 Å². The van der Waals surface area contributed by atoms with Gasteiger partial charge in [0.2, 0.25) is 0 Å². The molecule has 0 spiro atoms. The van der Waals surface area contributed by atoms with Crippen molar-refractivity contribution >= 4 is 10.8 Å². The molecule has 88 valence electrons. The fraction of sp³-hybridized carbons (Fsp3) is 0.333. The third-order valence-corrected chi connectivity index (χ3v) is 3.64. The van der Waals surface area contributed by atoms with Crippen molar-refractivity contribution in [3.63, 3.8) is 0 Å². The minimum absolute atomic E-state index is 0.434. The van der Waals surface area contributed by atoms with Gasteiger partial charge in [-0.05, 0) is 42.8 Å². The summed E-state index contributed by atoms with van der Waals surface area (Å²) in [5.41, 5.74) is 1.09. The van der Waals surface area contributed by atoms with Gasteiger partial charge in [0, 0.05) is 12.1 Å². The highest BCUT2D eigenvalue weighted by atomic mass is 16.3. The van der Waals surface area contributed by atoms with Crippen molar-refractivity contribution in [3.8, 4) is 5.75 Å². The summed E-state index contributed by atoms with van der Waals surface area (Å²) in [6.07, 6.45) is 2.26. The number of benzene rings is 2. The van der Waals surface area contributed by atoms with Crippen LogP contribution in [-0.4, -0.2) is 29.6 Å². The highest BCUT2D eigenvalue weighted by Gasteiger charge is 2.14. The molecule has 1 aliphatic heterocycles.